The minimum absolute atomic E-state index is 0.153. The van der Waals surface area contributed by atoms with E-state index in [1.165, 1.54) is 6.07 Å². The van der Waals surface area contributed by atoms with Gasteiger partial charge in [0, 0.05) is 16.5 Å². The van der Waals surface area contributed by atoms with E-state index in [2.05, 4.69) is 0 Å². The third kappa shape index (κ3) is 7.59. The first kappa shape index (κ1) is 17.3. The van der Waals surface area contributed by atoms with E-state index in [9.17, 15) is 4.79 Å². The van der Waals surface area contributed by atoms with Crippen LogP contribution < -0.4 is 0 Å². The van der Waals surface area contributed by atoms with Gasteiger partial charge in [0.15, 0.2) is 0 Å². The second kappa shape index (κ2) is 8.55. The van der Waals surface area contributed by atoms with E-state index < -0.39 is 5.97 Å². The van der Waals surface area contributed by atoms with Crippen molar-refractivity contribution in [2.24, 2.45) is 0 Å². The van der Waals surface area contributed by atoms with Gasteiger partial charge in [-0.25, -0.2) is 0 Å². The molecule has 0 spiro atoms. The van der Waals surface area contributed by atoms with Crippen molar-refractivity contribution in [2.45, 2.75) is 19.8 Å². The summed E-state index contributed by atoms with van der Waals surface area (Å²) in [6.45, 7) is 1.88. The molecular weight excluding hydrogens is 311 g/mol. The van der Waals surface area contributed by atoms with Crippen LogP contribution in [0.5, 0.6) is 5.75 Å². The Labute approximate surface area is 133 Å². The summed E-state index contributed by atoms with van der Waals surface area (Å²) in [5, 5.41) is 18.5. The van der Waals surface area contributed by atoms with Gasteiger partial charge in [-0.05, 0) is 54.8 Å². The summed E-state index contributed by atoms with van der Waals surface area (Å²) in [5.74, 6) is -0.560. The summed E-state index contributed by atoms with van der Waals surface area (Å²) >= 11 is 11.3. The smallest absolute Gasteiger partial charge is 0.303 e. The molecule has 2 aromatic rings. The Morgan fingerprint density at radius 1 is 1.10 bits per heavy atom. The van der Waals surface area contributed by atoms with E-state index in [0.29, 0.717) is 16.5 Å². The lowest BCUT2D eigenvalue weighted by Gasteiger charge is -1.97. The Bertz CT molecular complexity index is 562. The Balaban J connectivity index is 0.000000219. The number of phenolic OH excluding ortho intramolecular Hbond substituents is 1. The van der Waals surface area contributed by atoms with Crippen LogP contribution in [-0.2, 0) is 11.2 Å². The third-order valence-corrected chi connectivity index (χ3v) is 3.00. The highest BCUT2D eigenvalue weighted by Crippen LogP contribution is 2.18. The fourth-order valence-electron chi connectivity index (χ4n) is 1.66. The molecule has 112 valence electrons. The van der Waals surface area contributed by atoms with E-state index in [0.717, 1.165) is 11.1 Å². The maximum Gasteiger partial charge on any atom is 0.303 e. The SMILES string of the molecule is Cc1cc(O)cc(Cl)c1.O=C(O)CCc1cccc(Cl)c1. The number of hydrogen-bond donors (Lipinski definition) is 2. The Morgan fingerprint density at radius 2 is 1.81 bits per heavy atom. The molecule has 0 aliphatic carbocycles. The molecule has 3 nitrogen and oxygen atoms in total. The van der Waals surface area contributed by atoms with Crippen molar-refractivity contribution in [3.63, 3.8) is 0 Å². The first-order valence-electron chi connectivity index (χ1n) is 6.29. The molecule has 0 aliphatic heterocycles. The lowest BCUT2D eigenvalue weighted by molar-refractivity contribution is -0.136. The number of aliphatic carboxylic acids is 1. The summed E-state index contributed by atoms with van der Waals surface area (Å²) in [4.78, 5) is 10.2. The first-order chi connectivity index (χ1) is 9.86. The van der Waals surface area contributed by atoms with Gasteiger partial charge in [0.2, 0.25) is 0 Å². The van der Waals surface area contributed by atoms with Crippen LogP contribution in [0.3, 0.4) is 0 Å². The highest BCUT2D eigenvalue weighted by Gasteiger charge is 1.98. The summed E-state index contributed by atoms with van der Waals surface area (Å²) in [5.41, 5.74) is 1.94. The monoisotopic (exact) mass is 326 g/mol. The van der Waals surface area contributed by atoms with Gasteiger partial charge < -0.3 is 10.2 Å². The summed E-state index contributed by atoms with van der Waals surface area (Å²) in [6, 6.07) is 12.2. The Hall–Kier alpha value is -1.71. The summed E-state index contributed by atoms with van der Waals surface area (Å²) in [6.07, 6.45) is 0.691. The molecule has 0 heterocycles. The minimum atomic E-state index is -0.782. The van der Waals surface area contributed by atoms with Gasteiger partial charge in [-0.15, -0.1) is 0 Å². The molecule has 0 aromatic heterocycles. The van der Waals surface area contributed by atoms with Crippen molar-refractivity contribution in [3.05, 3.63) is 63.6 Å². The predicted molar refractivity (Wildman–Crippen MR) is 85.3 cm³/mol. The zero-order valence-corrected chi connectivity index (χ0v) is 13.0. The molecule has 0 radical (unpaired) electrons. The van der Waals surface area contributed by atoms with Gasteiger partial charge >= 0.3 is 5.97 Å². The number of carbonyl (C=O) groups is 1. The van der Waals surface area contributed by atoms with Gasteiger partial charge in [0.1, 0.15) is 5.75 Å². The Morgan fingerprint density at radius 3 is 2.33 bits per heavy atom. The average Bonchev–Trinajstić information content (AvgIpc) is 2.35. The van der Waals surface area contributed by atoms with Gasteiger partial charge in [-0.3, -0.25) is 4.79 Å². The number of aryl methyl sites for hydroxylation is 2. The molecule has 2 rings (SSSR count). The first-order valence-corrected chi connectivity index (χ1v) is 7.05. The molecule has 5 heteroatoms. The number of carboxylic acid groups (broad SMARTS) is 1. The molecule has 2 aromatic carbocycles. The van der Waals surface area contributed by atoms with Crippen molar-refractivity contribution >= 4 is 29.2 Å². The topological polar surface area (TPSA) is 57.5 Å². The van der Waals surface area contributed by atoms with E-state index in [1.54, 1.807) is 24.3 Å². The van der Waals surface area contributed by atoms with Crippen LogP contribution >= 0.6 is 23.2 Å². The second-order valence-electron chi connectivity index (χ2n) is 4.51. The van der Waals surface area contributed by atoms with Crippen LogP contribution in [0, 0.1) is 6.92 Å². The van der Waals surface area contributed by atoms with Crippen LogP contribution in [0.1, 0.15) is 17.5 Å². The van der Waals surface area contributed by atoms with Gasteiger partial charge in [0.05, 0.1) is 0 Å². The van der Waals surface area contributed by atoms with Crippen molar-refractivity contribution in [2.75, 3.05) is 0 Å². The fourth-order valence-corrected chi connectivity index (χ4v) is 2.16. The number of rotatable bonds is 3. The highest BCUT2D eigenvalue weighted by molar-refractivity contribution is 6.31. The zero-order chi connectivity index (χ0) is 15.8. The predicted octanol–water partition coefficient (Wildman–Crippen LogP) is 4.71. The number of aromatic hydroxyl groups is 1. The van der Waals surface area contributed by atoms with E-state index in [4.69, 9.17) is 33.4 Å². The highest BCUT2D eigenvalue weighted by atomic mass is 35.5. The van der Waals surface area contributed by atoms with Crippen LogP contribution in [0.25, 0.3) is 0 Å². The molecule has 0 amide bonds. The lowest BCUT2D eigenvalue weighted by atomic mass is 10.1. The zero-order valence-electron chi connectivity index (χ0n) is 11.5. The molecule has 0 atom stereocenters. The number of phenols is 1. The van der Waals surface area contributed by atoms with Crippen molar-refractivity contribution in [3.8, 4) is 5.75 Å². The quantitative estimate of drug-likeness (QED) is 0.858. The molecule has 0 saturated carbocycles. The minimum Gasteiger partial charge on any atom is -0.508 e. The molecular formula is C16H16Cl2O3. The van der Waals surface area contributed by atoms with Crippen LogP contribution in [-0.4, -0.2) is 16.2 Å². The van der Waals surface area contributed by atoms with Crippen LogP contribution in [0.2, 0.25) is 10.0 Å². The molecule has 2 N–H and O–H groups in total. The standard InChI is InChI=1S/C9H9ClO2.C7H7ClO/c10-8-3-1-2-7(6-8)4-5-9(11)12;1-5-2-6(8)4-7(9)3-5/h1-3,6H,4-5H2,(H,11,12);2-4,9H,1H3. The van der Waals surface area contributed by atoms with Crippen molar-refractivity contribution in [1.82, 2.24) is 0 Å². The van der Waals surface area contributed by atoms with Crippen molar-refractivity contribution < 1.29 is 15.0 Å². The number of benzene rings is 2. The normalized spacial score (nSPS) is 9.67. The third-order valence-electron chi connectivity index (χ3n) is 2.54. The summed E-state index contributed by atoms with van der Waals surface area (Å²) < 4.78 is 0. The van der Waals surface area contributed by atoms with Crippen LogP contribution in [0.15, 0.2) is 42.5 Å². The number of halogens is 2. The molecule has 0 unspecified atom stereocenters. The summed E-state index contributed by atoms with van der Waals surface area (Å²) in [7, 11) is 0. The van der Waals surface area contributed by atoms with E-state index in [1.807, 2.05) is 19.1 Å². The number of carboxylic acids is 1. The lowest BCUT2D eigenvalue weighted by Crippen LogP contribution is -1.96. The largest absolute Gasteiger partial charge is 0.508 e. The van der Waals surface area contributed by atoms with Gasteiger partial charge in [-0.1, -0.05) is 35.3 Å². The number of hydrogen-bond acceptors (Lipinski definition) is 2. The molecule has 0 aliphatic rings. The van der Waals surface area contributed by atoms with Crippen molar-refractivity contribution in [1.29, 1.82) is 0 Å². The van der Waals surface area contributed by atoms with Gasteiger partial charge in [0.25, 0.3) is 0 Å². The molecule has 21 heavy (non-hydrogen) atoms. The maximum absolute atomic E-state index is 10.2. The maximum atomic E-state index is 10.2. The van der Waals surface area contributed by atoms with Gasteiger partial charge in [-0.2, -0.15) is 0 Å². The molecule has 0 bridgehead atoms. The van der Waals surface area contributed by atoms with E-state index >= 15 is 0 Å². The fraction of sp³-hybridized carbons (Fsp3) is 0.188. The average molecular weight is 327 g/mol. The Kier molecular flexibility index (Phi) is 7.06. The molecule has 0 fully saturated rings. The molecule has 0 saturated heterocycles. The second-order valence-corrected chi connectivity index (χ2v) is 5.38. The van der Waals surface area contributed by atoms with Crippen LogP contribution in [0.4, 0.5) is 0 Å². The van der Waals surface area contributed by atoms with E-state index in [-0.39, 0.29) is 12.2 Å².